The summed E-state index contributed by atoms with van der Waals surface area (Å²) in [7, 11) is 0. The minimum atomic E-state index is -0.453. The Morgan fingerprint density at radius 3 is 3.06 bits per heavy atom. The first-order chi connectivity index (χ1) is 7.75. The lowest BCUT2D eigenvalue weighted by Gasteiger charge is -1.92. The van der Waals surface area contributed by atoms with Gasteiger partial charge in [0, 0.05) is 18.3 Å². The van der Waals surface area contributed by atoms with E-state index in [0.717, 1.165) is 0 Å². The smallest absolute Gasteiger partial charge is 0.258 e. The Kier molecular flexibility index (Phi) is 2.68. The molecule has 0 bridgehead atoms. The third kappa shape index (κ3) is 2.27. The van der Waals surface area contributed by atoms with Gasteiger partial charge in [0.1, 0.15) is 6.33 Å². The van der Waals surface area contributed by atoms with E-state index in [1.54, 1.807) is 12.1 Å². The molecule has 7 nitrogen and oxygen atoms in total. The van der Waals surface area contributed by atoms with E-state index in [2.05, 4.69) is 20.2 Å². The van der Waals surface area contributed by atoms with Crippen molar-refractivity contribution in [1.29, 1.82) is 0 Å². The number of aromatic nitrogens is 3. The van der Waals surface area contributed by atoms with Crippen molar-refractivity contribution in [3.05, 3.63) is 46.3 Å². The van der Waals surface area contributed by atoms with Gasteiger partial charge in [-0.3, -0.25) is 10.1 Å². The van der Waals surface area contributed by atoms with Crippen LogP contribution in [0.3, 0.4) is 0 Å². The summed E-state index contributed by atoms with van der Waals surface area (Å²) in [6.07, 6.45) is 2.81. The molecule has 0 saturated heterocycles. The van der Waals surface area contributed by atoms with Crippen molar-refractivity contribution in [3.63, 3.8) is 0 Å². The lowest BCUT2D eigenvalue weighted by atomic mass is 10.2. The quantitative estimate of drug-likeness (QED) is 0.478. The van der Waals surface area contributed by atoms with Gasteiger partial charge in [-0.2, -0.15) is 10.1 Å². The average Bonchev–Trinajstić information content (AvgIpc) is 2.79. The number of nitrogens with zero attached hydrogens (tertiary/aromatic N) is 4. The van der Waals surface area contributed by atoms with Gasteiger partial charge < -0.3 is 0 Å². The van der Waals surface area contributed by atoms with Gasteiger partial charge in [0.05, 0.1) is 4.92 Å². The lowest BCUT2D eigenvalue weighted by molar-refractivity contribution is -0.384. The highest BCUT2D eigenvalue weighted by Gasteiger charge is 2.03. The van der Waals surface area contributed by atoms with Crippen LogP contribution in [0.2, 0.25) is 0 Å². The van der Waals surface area contributed by atoms with Crippen molar-refractivity contribution >= 4 is 17.9 Å². The Labute approximate surface area is 90.0 Å². The van der Waals surface area contributed by atoms with Crippen molar-refractivity contribution in [2.75, 3.05) is 0 Å². The highest BCUT2D eigenvalue weighted by molar-refractivity contribution is 5.82. The third-order valence-corrected chi connectivity index (χ3v) is 1.82. The maximum Gasteiger partial charge on any atom is 0.270 e. The predicted molar refractivity (Wildman–Crippen MR) is 56.7 cm³/mol. The summed E-state index contributed by atoms with van der Waals surface area (Å²) in [4.78, 5) is 17.8. The molecule has 0 spiro atoms. The molecule has 7 heteroatoms. The van der Waals surface area contributed by atoms with Gasteiger partial charge in [-0.05, 0) is 5.56 Å². The van der Waals surface area contributed by atoms with E-state index in [9.17, 15) is 10.1 Å². The molecule has 1 N–H and O–H groups in total. The number of H-pyrrole nitrogens is 1. The number of nitro groups is 1. The Balaban J connectivity index is 2.22. The lowest BCUT2D eigenvalue weighted by Crippen LogP contribution is -1.89. The number of aromatic amines is 1. The van der Waals surface area contributed by atoms with Crippen LogP contribution in [0, 0.1) is 10.1 Å². The number of nitro benzene ring substituents is 1. The Morgan fingerprint density at radius 2 is 2.38 bits per heavy atom. The Morgan fingerprint density at radius 1 is 1.50 bits per heavy atom. The van der Waals surface area contributed by atoms with Crippen molar-refractivity contribution in [2.45, 2.75) is 0 Å². The van der Waals surface area contributed by atoms with E-state index in [1.165, 1.54) is 24.7 Å². The maximum atomic E-state index is 10.5. The summed E-state index contributed by atoms with van der Waals surface area (Å²) in [5, 5.41) is 16.7. The zero-order valence-corrected chi connectivity index (χ0v) is 8.07. The average molecular weight is 217 g/mol. The molecule has 0 radical (unpaired) electrons. The molecule has 1 heterocycles. The molecule has 0 amide bonds. The molecule has 0 aliphatic carbocycles. The van der Waals surface area contributed by atoms with Crippen LogP contribution in [0.4, 0.5) is 11.6 Å². The zero-order valence-electron chi connectivity index (χ0n) is 8.07. The van der Waals surface area contributed by atoms with Crippen LogP contribution in [0.1, 0.15) is 5.56 Å². The largest absolute Gasteiger partial charge is 0.270 e. The van der Waals surface area contributed by atoms with Crippen LogP contribution in [0.15, 0.2) is 35.6 Å². The normalized spacial score (nSPS) is 10.8. The second-order valence-corrected chi connectivity index (χ2v) is 2.92. The van der Waals surface area contributed by atoms with Crippen molar-refractivity contribution in [2.24, 2.45) is 4.99 Å². The standard InChI is InChI=1S/C9H7N5O2/c15-14(16)8-3-1-2-7(4-8)5-10-9-11-6-12-13-9/h1-6H,(H,11,12,13)/b10-5+. The molecule has 2 aromatic rings. The topological polar surface area (TPSA) is 97.1 Å². The van der Waals surface area contributed by atoms with Gasteiger partial charge in [-0.15, -0.1) is 0 Å². The minimum absolute atomic E-state index is 0.0292. The Hall–Kier alpha value is -2.57. The van der Waals surface area contributed by atoms with E-state index in [1.807, 2.05) is 0 Å². The molecule has 80 valence electrons. The highest BCUT2D eigenvalue weighted by Crippen LogP contribution is 2.12. The molecule has 0 fully saturated rings. The fourth-order valence-corrected chi connectivity index (χ4v) is 1.12. The monoisotopic (exact) mass is 217 g/mol. The van der Waals surface area contributed by atoms with Crippen LogP contribution in [0.25, 0.3) is 0 Å². The van der Waals surface area contributed by atoms with Crippen LogP contribution >= 0.6 is 0 Å². The van der Waals surface area contributed by atoms with E-state index < -0.39 is 4.92 Å². The van der Waals surface area contributed by atoms with Crippen LogP contribution < -0.4 is 0 Å². The highest BCUT2D eigenvalue weighted by atomic mass is 16.6. The first-order valence-corrected chi connectivity index (χ1v) is 4.39. The fourth-order valence-electron chi connectivity index (χ4n) is 1.12. The van der Waals surface area contributed by atoms with Crippen molar-refractivity contribution in [3.8, 4) is 0 Å². The number of benzene rings is 1. The number of rotatable bonds is 3. The van der Waals surface area contributed by atoms with Crippen LogP contribution in [-0.2, 0) is 0 Å². The fraction of sp³-hybridized carbons (Fsp3) is 0. The van der Waals surface area contributed by atoms with Gasteiger partial charge in [-0.1, -0.05) is 12.1 Å². The molecule has 1 aromatic carbocycles. The minimum Gasteiger partial charge on any atom is -0.258 e. The summed E-state index contributed by atoms with van der Waals surface area (Å²) in [5.74, 6) is 0.353. The molecule has 2 rings (SSSR count). The van der Waals surface area contributed by atoms with Crippen LogP contribution in [0.5, 0.6) is 0 Å². The second-order valence-electron chi connectivity index (χ2n) is 2.92. The predicted octanol–water partition coefficient (Wildman–Crippen LogP) is 1.46. The van der Waals surface area contributed by atoms with E-state index in [-0.39, 0.29) is 5.69 Å². The first-order valence-electron chi connectivity index (χ1n) is 4.39. The first kappa shape index (κ1) is 9.97. The third-order valence-electron chi connectivity index (χ3n) is 1.82. The summed E-state index contributed by atoms with van der Waals surface area (Å²) in [6, 6.07) is 6.17. The molecular formula is C9H7N5O2. The summed E-state index contributed by atoms with van der Waals surface area (Å²) in [6.45, 7) is 0. The van der Waals surface area contributed by atoms with E-state index in [0.29, 0.717) is 11.5 Å². The van der Waals surface area contributed by atoms with Crippen molar-refractivity contribution < 1.29 is 4.92 Å². The SMILES string of the molecule is O=[N+]([O-])c1cccc(/C=N/c2ncn[nH]2)c1. The van der Waals surface area contributed by atoms with Crippen LogP contribution in [-0.4, -0.2) is 26.3 Å². The second kappa shape index (κ2) is 4.30. The van der Waals surface area contributed by atoms with E-state index >= 15 is 0 Å². The molecule has 0 aliphatic heterocycles. The summed E-state index contributed by atoms with van der Waals surface area (Å²) >= 11 is 0. The van der Waals surface area contributed by atoms with Gasteiger partial charge in [0.25, 0.3) is 5.69 Å². The van der Waals surface area contributed by atoms with E-state index in [4.69, 9.17) is 0 Å². The Bertz CT molecular complexity index is 520. The molecule has 0 unspecified atom stereocenters. The summed E-state index contributed by atoms with van der Waals surface area (Å²) in [5.41, 5.74) is 0.659. The van der Waals surface area contributed by atoms with Crippen molar-refractivity contribution in [1.82, 2.24) is 15.2 Å². The molecule has 1 aromatic heterocycles. The molecular weight excluding hydrogens is 210 g/mol. The molecule has 0 atom stereocenters. The van der Waals surface area contributed by atoms with Gasteiger partial charge in [-0.25, -0.2) is 10.1 Å². The molecule has 16 heavy (non-hydrogen) atoms. The molecule has 0 aliphatic rings. The maximum absolute atomic E-state index is 10.5. The van der Waals surface area contributed by atoms with Gasteiger partial charge in [0.15, 0.2) is 0 Å². The summed E-state index contributed by atoms with van der Waals surface area (Å²) < 4.78 is 0. The molecule has 0 saturated carbocycles. The number of aliphatic imine (C=N–C) groups is 1. The number of hydrogen-bond acceptors (Lipinski definition) is 5. The van der Waals surface area contributed by atoms with Gasteiger partial charge in [0.2, 0.25) is 5.95 Å². The number of non-ortho nitro benzene ring substituents is 1. The number of hydrogen-bond donors (Lipinski definition) is 1. The number of nitrogens with one attached hydrogen (secondary N) is 1. The van der Waals surface area contributed by atoms with Gasteiger partial charge >= 0.3 is 0 Å². The zero-order chi connectivity index (χ0) is 11.4.